The number of benzene rings is 2. The Kier molecular flexibility index (Phi) is 6.20. The first-order valence-electron chi connectivity index (χ1n) is 7.63. The average Bonchev–Trinajstić information content (AvgIpc) is 2.47. The number of carbonyl (C=O) groups is 1. The van der Waals surface area contributed by atoms with E-state index in [0.29, 0.717) is 12.3 Å². The predicted octanol–water partition coefficient (Wildman–Crippen LogP) is 4.90. The van der Waals surface area contributed by atoms with E-state index in [-0.39, 0.29) is 11.9 Å². The molecule has 0 aliphatic heterocycles. The van der Waals surface area contributed by atoms with Crippen LogP contribution in [-0.4, -0.2) is 5.91 Å². The maximum atomic E-state index is 12.4. The van der Waals surface area contributed by atoms with Gasteiger partial charge in [-0.2, -0.15) is 0 Å². The van der Waals surface area contributed by atoms with Crippen molar-refractivity contribution in [1.82, 2.24) is 5.32 Å². The van der Waals surface area contributed by atoms with Crippen molar-refractivity contribution in [2.75, 3.05) is 0 Å². The molecule has 0 radical (unpaired) electrons. The predicted molar refractivity (Wildman–Crippen MR) is 94.6 cm³/mol. The third-order valence-corrected chi connectivity index (χ3v) is 3.99. The lowest BCUT2D eigenvalue weighted by Crippen LogP contribution is -2.30. The van der Waals surface area contributed by atoms with Gasteiger partial charge in [-0.05, 0) is 35.6 Å². The molecule has 1 N–H and O–H groups in total. The minimum atomic E-state index is 0.0626. The van der Waals surface area contributed by atoms with E-state index < -0.39 is 0 Å². The molecule has 22 heavy (non-hydrogen) atoms. The maximum Gasteiger partial charge on any atom is 0.224 e. The van der Waals surface area contributed by atoms with Crippen molar-refractivity contribution in [3.8, 4) is 0 Å². The summed E-state index contributed by atoms with van der Waals surface area (Å²) in [6.07, 6.45) is 1.34. The van der Waals surface area contributed by atoms with Crippen molar-refractivity contribution in [2.45, 2.75) is 32.7 Å². The normalized spacial score (nSPS) is 12.2. The van der Waals surface area contributed by atoms with Gasteiger partial charge in [0.15, 0.2) is 0 Å². The van der Waals surface area contributed by atoms with Gasteiger partial charge in [0.25, 0.3) is 0 Å². The highest BCUT2D eigenvalue weighted by Crippen LogP contribution is 2.21. The number of carbonyl (C=O) groups excluding carboxylic acids is 1. The quantitative estimate of drug-likeness (QED) is 0.780. The Balaban J connectivity index is 2.05. The number of hydrogen-bond acceptors (Lipinski definition) is 1. The zero-order valence-electron chi connectivity index (χ0n) is 13.1. The molecule has 0 spiro atoms. The van der Waals surface area contributed by atoms with E-state index >= 15 is 0 Å². The van der Waals surface area contributed by atoms with Gasteiger partial charge in [0.1, 0.15) is 0 Å². The molecule has 0 aliphatic rings. The topological polar surface area (TPSA) is 29.1 Å². The van der Waals surface area contributed by atoms with Crippen LogP contribution < -0.4 is 5.32 Å². The first-order valence-corrected chi connectivity index (χ1v) is 8.42. The van der Waals surface area contributed by atoms with Crippen LogP contribution in [0.15, 0.2) is 59.1 Å². The zero-order chi connectivity index (χ0) is 15.9. The number of hydrogen-bond donors (Lipinski definition) is 1. The van der Waals surface area contributed by atoms with Crippen LogP contribution in [0.4, 0.5) is 0 Å². The van der Waals surface area contributed by atoms with Gasteiger partial charge in [-0.1, -0.05) is 72.2 Å². The van der Waals surface area contributed by atoms with Crippen molar-refractivity contribution >= 4 is 21.8 Å². The van der Waals surface area contributed by atoms with Crippen molar-refractivity contribution in [3.63, 3.8) is 0 Å². The zero-order valence-corrected chi connectivity index (χ0v) is 14.6. The van der Waals surface area contributed by atoms with Crippen LogP contribution >= 0.6 is 15.9 Å². The number of amides is 1. The fraction of sp³-hybridized carbons (Fsp3) is 0.316. The Morgan fingerprint density at radius 3 is 2.45 bits per heavy atom. The molecular weight excluding hydrogens is 338 g/mol. The molecule has 2 aromatic carbocycles. The number of nitrogens with one attached hydrogen (secondary N) is 1. The monoisotopic (exact) mass is 359 g/mol. The van der Waals surface area contributed by atoms with Crippen LogP contribution in [0.5, 0.6) is 0 Å². The number of halogens is 1. The molecule has 0 fully saturated rings. The molecule has 0 heterocycles. The van der Waals surface area contributed by atoms with Gasteiger partial charge in [-0.15, -0.1) is 0 Å². The Morgan fingerprint density at radius 2 is 1.82 bits per heavy atom. The molecule has 0 saturated heterocycles. The van der Waals surface area contributed by atoms with E-state index in [2.05, 4.69) is 47.2 Å². The summed E-state index contributed by atoms with van der Waals surface area (Å²) in [6.45, 7) is 4.35. The van der Waals surface area contributed by atoms with Crippen LogP contribution in [0.3, 0.4) is 0 Å². The second-order valence-electron chi connectivity index (χ2n) is 5.97. The molecule has 1 amide bonds. The van der Waals surface area contributed by atoms with E-state index in [9.17, 15) is 4.79 Å². The second-order valence-corrected chi connectivity index (χ2v) is 6.88. The van der Waals surface area contributed by atoms with E-state index in [4.69, 9.17) is 0 Å². The molecule has 2 nitrogen and oxygen atoms in total. The third-order valence-electron chi connectivity index (χ3n) is 3.50. The minimum absolute atomic E-state index is 0.0626. The molecular formula is C19H22BrNO. The molecule has 0 unspecified atom stereocenters. The summed E-state index contributed by atoms with van der Waals surface area (Å²) >= 11 is 3.44. The lowest BCUT2D eigenvalue weighted by Gasteiger charge is -2.21. The van der Waals surface area contributed by atoms with Gasteiger partial charge >= 0.3 is 0 Å². The Hall–Kier alpha value is -1.61. The highest BCUT2D eigenvalue weighted by molar-refractivity contribution is 9.10. The minimum Gasteiger partial charge on any atom is -0.349 e. The SMILES string of the molecule is CC(C)C[C@@H](NC(=O)Cc1cccc(Br)c1)c1ccccc1. The smallest absolute Gasteiger partial charge is 0.224 e. The van der Waals surface area contributed by atoms with Crippen molar-refractivity contribution in [2.24, 2.45) is 5.92 Å². The molecule has 116 valence electrons. The van der Waals surface area contributed by atoms with Crippen LogP contribution in [-0.2, 0) is 11.2 Å². The van der Waals surface area contributed by atoms with E-state index in [1.165, 1.54) is 5.56 Å². The first kappa shape index (κ1) is 16.8. The fourth-order valence-electron chi connectivity index (χ4n) is 2.51. The molecule has 0 saturated carbocycles. The summed E-state index contributed by atoms with van der Waals surface area (Å²) in [6, 6.07) is 18.1. The Labute approximate surface area is 141 Å². The first-order chi connectivity index (χ1) is 10.5. The van der Waals surface area contributed by atoms with Gasteiger partial charge in [-0.3, -0.25) is 4.79 Å². The molecule has 2 aromatic rings. The lowest BCUT2D eigenvalue weighted by atomic mass is 9.96. The summed E-state index contributed by atoms with van der Waals surface area (Å²) in [4.78, 5) is 12.4. The molecule has 2 rings (SSSR count). The molecule has 1 atom stereocenters. The summed E-state index contributed by atoms with van der Waals surface area (Å²) in [5.41, 5.74) is 2.18. The molecule has 0 bridgehead atoms. The summed E-state index contributed by atoms with van der Waals surface area (Å²) in [7, 11) is 0. The highest BCUT2D eigenvalue weighted by Gasteiger charge is 2.16. The fourth-order valence-corrected chi connectivity index (χ4v) is 2.96. The van der Waals surface area contributed by atoms with E-state index in [1.807, 2.05) is 42.5 Å². The summed E-state index contributed by atoms with van der Waals surface area (Å²) < 4.78 is 1.000. The largest absolute Gasteiger partial charge is 0.349 e. The van der Waals surface area contributed by atoms with Gasteiger partial charge in [0.05, 0.1) is 12.5 Å². The molecule has 0 aromatic heterocycles. The van der Waals surface area contributed by atoms with Gasteiger partial charge < -0.3 is 5.32 Å². The second kappa shape index (κ2) is 8.14. The van der Waals surface area contributed by atoms with Crippen molar-refractivity contribution in [3.05, 3.63) is 70.2 Å². The van der Waals surface area contributed by atoms with Crippen LogP contribution in [0.2, 0.25) is 0 Å². The van der Waals surface area contributed by atoms with Crippen molar-refractivity contribution < 1.29 is 4.79 Å². The molecule has 0 aliphatic carbocycles. The standard InChI is InChI=1S/C19H22BrNO/c1-14(2)11-18(16-8-4-3-5-9-16)21-19(22)13-15-7-6-10-17(20)12-15/h3-10,12,14,18H,11,13H2,1-2H3,(H,21,22)/t18-/m1/s1. The van der Waals surface area contributed by atoms with Crippen LogP contribution in [0.1, 0.15) is 37.4 Å². The highest BCUT2D eigenvalue weighted by atomic mass is 79.9. The lowest BCUT2D eigenvalue weighted by molar-refractivity contribution is -0.121. The number of rotatable bonds is 6. The maximum absolute atomic E-state index is 12.4. The summed E-state index contributed by atoms with van der Waals surface area (Å²) in [5, 5.41) is 3.18. The van der Waals surface area contributed by atoms with E-state index in [1.54, 1.807) is 0 Å². The van der Waals surface area contributed by atoms with Gasteiger partial charge in [0, 0.05) is 4.47 Å². The molecule has 3 heteroatoms. The Bertz CT molecular complexity index is 610. The Morgan fingerprint density at radius 1 is 1.09 bits per heavy atom. The van der Waals surface area contributed by atoms with E-state index in [0.717, 1.165) is 16.5 Å². The van der Waals surface area contributed by atoms with Crippen LogP contribution in [0, 0.1) is 5.92 Å². The third kappa shape index (κ3) is 5.30. The average molecular weight is 360 g/mol. The van der Waals surface area contributed by atoms with Gasteiger partial charge in [-0.25, -0.2) is 0 Å². The van der Waals surface area contributed by atoms with Gasteiger partial charge in [0.2, 0.25) is 5.91 Å². The summed E-state index contributed by atoms with van der Waals surface area (Å²) in [5.74, 6) is 0.587. The van der Waals surface area contributed by atoms with Crippen LogP contribution in [0.25, 0.3) is 0 Å². The van der Waals surface area contributed by atoms with Crippen molar-refractivity contribution in [1.29, 1.82) is 0 Å².